The van der Waals surface area contributed by atoms with Gasteiger partial charge in [0, 0.05) is 41.4 Å². The summed E-state index contributed by atoms with van der Waals surface area (Å²) < 4.78 is 1.13. The molecule has 23 heavy (non-hydrogen) atoms. The van der Waals surface area contributed by atoms with Crippen molar-refractivity contribution in [3.63, 3.8) is 0 Å². The molecule has 1 aromatic heterocycles. The number of benzene rings is 1. The van der Waals surface area contributed by atoms with Crippen molar-refractivity contribution in [2.45, 2.75) is 25.7 Å². The summed E-state index contributed by atoms with van der Waals surface area (Å²) >= 11 is 3.60. The number of halogens is 1. The molecule has 0 bridgehead atoms. The van der Waals surface area contributed by atoms with E-state index in [4.69, 9.17) is 0 Å². The van der Waals surface area contributed by atoms with Crippen molar-refractivity contribution in [2.75, 3.05) is 37.6 Å². The third kappa shape index (κ3) is 3.38. The van der Waals surface area contributed by atoms with Crippen LogP contribution in [0, 0.1) is 5.92 Å². The smallest absolute Gasteiger partial charge is 0.0723 e. The third-order valence-corrected chi connectivity index (χ3v) is 5.84. The largest absolute Gasteiger partial charge is 0.371 e. The van der Waals surface area contributed by atoms with Gasteiger partial charge in [-0.3, -0.25) is 4.98 Å². The molecule has 2 fully saturated rings. The molecule has 0 atom stereocenters. The average Bonchev–Trinajstić information content (AvgIpc) is 3.08. The minimum atomic E-state index is 0.879. The highest BCUT2D eigenvalue weighted by Crippen LogP contribution is 2.31. The third-order valence-electron chi connectivity index (χ3n) is 5.35. The molecule has 3 heterocycles. The molecule has 2 aliphatic rings. The Morgan fingerprint density at radius 1 is 1.04 bits per heavy atom. The van der Waals surface area contributed by atoms with Crippen LogP contribution in [0.4, 0.5) is 5.69 Å². The van der Waals surface area contributed by atoms with Crippen molar-refractivity contribution in [3.8, 4) is 0 Å². The zero-order valence-electron chi connectivity index (χ0n) is 13.5. The lowest BCUT2D eigenvalue weighted by molar-refractivity contribution is 0.249. The highest BCUT2D eigenvalue weighted by Gasteiger charge is 2.23. The Bertz CT molecular complexity index is 673. The number of pyridine rings is 1. The molecule has 0 spiro atoms. The van der Waals surface area contributed by atoms with E-state index in [1.807, 2.05) is 6.20 Å². The second-order valence-corrected chi connectivity index (χ2v) is 7.85. The van der Waals surface area contributed by atoms with Crippen LogP contribution in [0.25, 0.3) is 10.9 Å². The second kappa shape index (κ2) is 6.78. The van der Waals surface area contributed by atoms with Crippen LogP contribution in [-0.4, -0.2) is 42.6 Å². The van der Waals surface area contributed by atoms with Gasteiger partial charge in [0.05, 0.1) is 5.52 Å². The first-order valence-electron chi connectivity index (χ1n) is 8.81. The van der Waals surface area contributed by atoms with Crippen molar-refractivity contribution >= 4 is 32.5 Å². The molecule has 0 unspecified atom stereocenters. The van der Waals surface area contributed by atoms with E-state index >= 15 is 0 Å². The summed E-state index contributed by atoms with van der Waals surface area (Å²) in [5, 5.41) is 1.26. The fraction of sp³-hybridized carbons (Fsp3) is 0.526. The molecule has 2 aliphatic heterocycles. The van der Waals surface area contributed by atoms with E-state index < -0.39 is 0 Å². The van der Waals surface area contributed by atoms with Crippen LogP contribution < -0.4 is 4.90 Å². The maximum Gasteiger partial charge on any atom is 0.0723 e. The summed E-state index contributed by atoms with van der Waals surface area (Å²) in [6.45, 7) is 6.30. The molecule has 4 heteroatoms. The molecule has 4 rings (SSSR count). The van der Waals surface area contributed by atoms with Crippen molar-refractivity contribution in [3.05, 3.63) is 34.9 Å². The zero-order valence-corrected chi connectivity index (χ0v) is 15.1. The van der Waals surface area contributed by atoms with E-state index in [9.17, 15) is 0 Å². The lowest BCUT2D eigenvalue weighted by Gasteiger charge is -2.35. The number of aromatic nitrogens is 1. The monoisotopic (exact) mass is 373 g/mol. The molecule has 0 radical (unpaired) electrons. The van der Waals surface area contributed by atoms with E-state index in [-0.39, 0.29) is 0 Å². The quantitative estimate of drug-likeness (QED) is 0.798. The Kier molecular flexibility index (Phi) is 4.54. The molecule has 0 aliphatic carbocycles. The predicted octanol–water partition coefficient (Wildman–Crippen LogP) is 4.31. The topological polar surface area (TPSA) is 19.4 Å². The second-order valence-electron chi connectivity index (χ2n) is 6.93. The summed E-state index contributed by atoms with van der Waals surface area (Å²) in [5.41, 5.74) is 2.43. The van der Waals surface area contributed by atoms with Gasteiger partial charge in [0.25, 0.3) is 0 Å². The van der Waals surface area contributed by atoms with Crippen LogP contribution in [0.1, 0.15) is 25.7 Å². The van der Waals surface area contributed by atoms with Gasteiger partial charge in [-0.05, 0) is 69.0 Å². The number of nitrogens with zero attached hydrogens (tertiary/aromatic N) is 3. The number of rotatable bonds is 3. The van der Waals surface area contributed by atoms with Gasteiger partial charge in [0.2, 0.25) is 0 Å². The Hall–Kier alpha value is -1.13. The van der Waals surface area contributed by atoms with Gasteiger partial charge in [-0.15, -0.1) is 0 Å². The molecule has 2 aromatic rings. The number of fused-ring (bicyclic) bond motifs is 1. The van der Waals surface area contributed by atoms with Gasteiger partial charge >= 0.3 is 0 Å². The van der Waals surface area contributed by atoms with Crippen LogP contribution >= 0.6 is 15.9 Å². The maximum absolute atomic E-state index is 4.51. The zero-order chi connectivity index (χ0) is 15.6. The van der Waals surface area contributed by atoms with Gasteiger partial charge in [-0.25, -0.2) is 0 Å². The van der Waals surface area contributed by atoms with E-state index in [2.05, 4.69) is 55.0 Å². The van der Waals surface area contributed by atoms with Gasteiger partial charge < -0.3 is 9.80 Å². The summed E-state index contributed by atoms with van der Waals surface area (Å²) in [7, 11) is 0. The first-order chi connectivity index (χ1) is 11.3. The van der Waals surface area contributed by atoms with Crippen LogP contribution in [-0.2, 0) is 0 Å². The molecule has 0 amide bonds. The highest BCUT2D eigenvalue weighted by molar-refractivity contribution is 9.10. The summed E-state index contributed by atoms with van der Waals surface area (Å²) in [6, 6.07) is 8.55. The molecular formula is C19H24BrN3. The maximum atomic E-state index is 4.51. The molecule has 1 aromatic carbocycles. The molecule has 0 N–H and O–H groups in total. The van der Waals surface area contributed by atoms with Crippen LogP contribution in [0.2, 0.25) is 0 Å². The number of hydrogen-bond acceptors (Lipinski definition) is 3. The fourth-order valence-corrected chi connectivity index (χ4v) is 4.43. The summed E-state index contributed by atoms with van der Waals surface area (Å²) in [4.78, 5) is 9.73. The molecule has 2 saturated heterocycles. The lowest BCUT2D eigenvalue weighted by atomic mass is 9.95. The van der Waals surface area contributed by atoms with E-state index in [0.29, 0.717) is 0 Å². The fourth-order valence-electron chi connectivity index (χ4n) is 4.07. The highest BCUT2D eigenvalue weighted by atomic mass is 79.9. The van der Waals surface area contributed by atoms with Gasteiger partial charge in [0.15, 0.2) is 0 Å². The molecule has 3 nitrogen and oxygen atoms in total. The normalized spacial score (nSPS) is 20.5. The Balaban J connectivity index is 1.47. The number of hydrogen-bond donors (Lipinski definition) is 0. The average molecular weight is 374 g/mol. The van der Waals surface area contributed by atoms with Crippen LogP contribution in [0.5, 0.6) is 0 Å². The predicted molar refractivity (Wildman–Crippen MR) is 100 cm³/mol. The first-order valence-corrected chi connectivity index (χ1v) is 9.60. The molecular weight excluding hydrogens is 350 g/mol. The molecule has 122 valence electrons. The first kappa shape index (κ1) is 15.4. The van der Waals surface area contributed by atoms with Gasteiger partial charge in [-0.2, -0.15) is 0 Å². The summed E-state index contributed by atoms with van der Waals surface area (Å²) in [6.07, 6.45) is 7.37. The number of likely N-dealkylation sites (tertiary alicyclic amines) is 1. The van der Waals surface area contributed by atoms with E-state index in [1.165, 1.54) is 69.5 Å². The Labute approximate surface area is 146 Å². The summed E-state index contributed by atoms with van der Waals surface area (Å²) in [5.74, 6) is 0.879. The SMILES string of the molecule is Brc1ccc2nccc(N3CCC(CN4CCCC4)CC3)c2c1. The number of anilines is 1. The van der Waals surface area contributed by atoms with Gasteiger partial charge in [-0.1, -0.05) is 15.9 Å². The van der Waals surface area contributed by atoms with Crippen molar-refractivity contribution in [2.24, 2.45) is 5.92 Å². The minimum Gasteiger partial charge on any atom is -0.371 e. The van der Waals surface area contributed by atoms with E-state index in [0.717, 1.165) is 15.9 Å². The number of piperidine rings is 1. The Morgan fingerprint density at radius 3 is 2.61 bits per heavy atom. The van der Waals surface area contributed by atoms with Crippen LogP contribution in [0.15, 0.2) is 34.9 Å². The Morgan fingerprint density at radius 2 is 1.83 bits per heavy atom. The van der Waals surface area contributed by atoms with Gasteiger partial charge in [0.1, 0.15) is 0 Å². The van der Waals surface area contributed by atoms with E-state index in [1.54, 1.807) is 0 Å². The molecule has 0 saturated carbocycles. The standard InChI is InChI=1S/C19H24BrN3/c20-16-3-4-18-17(13-16)19(5-8-21-18)23-11-6-15(7-12-23)14-22-9-1-2-10-22/h3-5,8,13,15H,1-2,6-7,9-12,14H2. The van der Waals surface area contributed by atoms with Crippen molar-refractivity contribution < 1.29 is 0 Å². The lowest BCUT2D eigenvalue weighted by Crippen LogP contribution is -2.38. The van der Waals surface area contributed by atoms with Crippen LogP contribution in [0.3, 0.4) is 0 Å². The van der Waals surface area contributed by atoms with Crippen molar-refractivity contribution in [1.29, 1.82) is 0 Å². The minimum absolute atomic E-state index is 0.879. The van der Waals surface area contributed by atoms with Crippen molar-refractivity contribution in [1.82, 2.24) is 9.88 Å².